The molecule has 0 spiro atoms. The van der Waals surface area contributed by atoms with E-state index in [2.05, 4.69) is 27.5 Å². The Hall–Kier alpha value is -1.63. The van der Waals surface area contributed by atoms with Gasteiger partial charge in [-0.2, -0.15) is 0 Å². The van der Waals surface area contributed by atoms with E-state index < -0.39 is 0 Å². The van der Waals surface area contributed by atoms with Gasteiger partial charge >= 0.3 is 6.03 Å². The molecule has 0 radical (unpaired) electrons. The van der Waals surface area contributed by atoms with Crippen LogP contribution in [0.3, 0.4) is 0 Å². The molecular weight excluding hydrogens is 292 g/mol. The number of carbonyl (C=O) groups excluding carboxylic acids is 1. The third-order valence-electron chi connectivity index (χ3n) is 4.20. The van der Waals surface area contributed by atoms with Crippen LogP contribution in [0.4, 0.5) is 4.79 Å². The number of rotatable bonds is 6. The third kappa shape index (κ3) is 5.82. The minimum atomic E-state index is -0.255. The number of piperazine rings is 1. The summed E-state index contributed by atoms with van der Waals surface area (Å²) < 4.78 is 0. The maximum atomic E-state index is 12.1. The Morgan fingerprint density at radius 3 is 2.43 bits per heavy atom. The van der Waals surface area contributed by atoms with E-state index in [1.165, 1.54) is 0 Å². The molecule has 1 aromatic rings. The lowest BCUT2D eigenvalue weighted by molar-refractivity contribution is 0.142. The maximum absolute atomic E-state index is 12.1. The standard InChI is InChI=1S/C17H28N4O2/c1-14(13-22)18-17(23)19-16(15-6-4-3-5-7-15)12-21-10-8-20(2)9-11-21/h3-7,14,16,22H,8-13H2,1-2H3,(H2,18,19,23)/t14-,16?/m0/s1. The predicted octanol–water partition coefficient (Wildman–Crippen LogP) is 0.655. The van der Waals surface area contributed by atoms with Gasteiger partial charge in [-0.25, -0.2) is 4.79 Å². The summed E-state index contributed by atoms with van der Waals surface area (Å²) >= 11 is 0. The van der Waals surface area contributed by atoms with Crippen LogP contribution >= 0.6 is 0 Å². The lowest BCUT2D eigenvalue weighted by Crippen LogP contribution is -2.50. The molecule has 1 aliphatic heterocycles. The number of aliphatic hydroxyl groups is 1. The zero-order chi connectivity index (χ0) is 16.7. The van der Waals surface area contributed by atoms with Gasteiger partial charge in [0.2, 0.25) is 0 Å². The largest absolute Gasteiger partial charge is 0.394 e. The monoisotopic (exact) mass is 320 g/mol. The van der Waals surface area contributed by atoms with Gasteiger partial charge in [0, 0.05) is 32.7 Å². The lowest BCUT2D eigenvalue weighted by Gasteiger charge is -2.35. The Labute approximate surface area is 138 Å². The molecule has 6 heteroatoms. The molecule has 3 N–H and O–H groups in total. The summed E-state index contributed by atoms with van der Waals surface area (Å²) in [7, 11) is 2.13. The van der Waals surface area contributed by atoms with Crippen LogP contribution in [0.25, 0.3) is 0 Å². The predicted molar refractivity (Wildman–Crippen MR) is 91.3 cm³/mol. The highest BCUT2D eigenvalue weighted by Crippen LogP contribution is 2.15. The lowest BCUT2D eigenvalue weighted by atomic mass is 10.1. The van der Waals surface area contributed by atoms with Crippen LogP contribution < -0.4 is 10.6 Å². The van der Waals surface area contributed by atoms with E-state index in [0.29, 0.717) is 0 Å². The fraction of sp³-hybridized carbons (Fsp3) is 0.588. The van der Waals surface area contributed by atoms with E-state index in [1.54, 1.807) is 6.92 Å². The van der Waals surface area contributed by atoms with E-state index in [9.17, 15) is 4.79 Å². The average Bonchev–Trinajstić information content (AvgIpc) is 2.57. The maximum Gasteiger partial charge on any atom is 0.315 e. The summed E-state index contributed by atoms with van der Waals surface area (Å²) in [5.74, 6) is 0. The molecule has 1 saturated heterocycles. The molecule has 2 rings (SSSR count). The van der Waals surface area contributed by atoms with Crippen molar-refractivity contribution in [3.05, 3.63) is 35.9 Å². The molecule has 1 aromatic carbocycles. The summed E-state index contributed by atoms with van der Waals surface area (Å²) in [6, 6.07) is 9.47. The van der Waals surface area contributed by atoms with Crippen LogP contribution in [0.2, 0.25) is 0 Å². The van der Waals surface area contributed by atoms with Crippen molar-refractivity contribution in [1.29, 1.82) is 0 Å². The number of aliphatic hydroxyl groups excluding tert-OH is 1. The number of carbonyl (C=O) groups is 1. The molecule has 6 nitrogen and oxygen atoms in total. The Kier molecular flexibility index (Phi) is 6.83. The second-order valence-electron chi connectivity index (χ2n) is 6.27. The van der Waals surface area contributed by atoms with E-state index in [-0.39, 0.29) is 24.7 Å². The Balaban J connectivity index is 1.99. The minimum absolute atomic E-state index is 0.0644. The Bertz CT molecular complexity index is 475. The van der Waals surface area contributed by atoms with Crippen molar-refractivity contribution < 1.29 is 9.90 Å². The Morgan fingerprint density at radius 1 is 1.17 bits per heavy atom. The zero-order valence-corrected chi connectivity index (χ0v) is 14.0. The molecule has 2 amide bonds. The van der Waals surface area contributed by atoms with Crippen molar-refractivity contribution >= 4 is 6.03 Å². The molecule has 0 aliphatic carbocycles. The summed E-state index contributed by atoms with van der Waals surface area (Å²) in [5.41, 5.74) is 1.10. The van der Waals surface area contributed by atoms with Crippen LogP contribution in [0.5, 0.6) is 0 Å². The number of urea groups is 1. The van der Waals surface area contributed by atoms with Crippen molar-refractivity contribution in [3.63, 3.8) is 0 Å². The van der Waals surface area contributed by atoms with E-state index in [4.69, 9.17) is 5.11 Å². The van der Waals surface area contributed by atoms with Gasteiger partial charge in [0.25, 0.3) is 0 Å². The SMILES string of the molecule is C[C@@H](CO)NC(=O)NC(CN1CCN(C)CC1)c1ccccc1. The van der Waals surface area contributed by atoms with Crippen LogP contribution in [0.1, 0.15) is 18.5 Å². The first-order chi connectivity index (χ1) is 11.1. The molecule has 23 heavy (non-hydrogen) atoms. The summed E-state index contributed by atoms with van der Waals surface area (Å²) in [4.78, 5) is 16.8. The molecule has 1 aliphatic rings. The van der Waals surface area contributed by atoms with Gasteiger partial charge in [-0.05, 0) is 19.5 Å². The van der Waals surface area contributed by atoms with E-state index >= 15 is 0 Å². The minimum Gasteiger partial charge on any atom is -0.394 e. The Morgan fingerprint density at radius 2 is 1.83 bits per heavy atom. The summed E-state index contributed by atoms with van der Waals surface area (Å²) in [5, 5.41) is 14.9. The molecule has 0 bridgehead atoms. The number of hydrogen-bond donors (Lipinski definition) is 3. The molecule has 1 fully saturated rings. The second kappa shape index (κ2) is 8.86. The highest BCUT2D eigenvalue weighted by atomic mass is 16.3. The number of likely N-dealkylation sites (N-methyl/N-ethyl adjacent to an activating group) is 1. The molecule has 1 unspecified atom stereocenters. The van der Waals surface area contributed by atoms with Gasteiger partial charge < -0.3 is 20.6 Å². The molecule has 2 atom stereocenters. The van der Waals surface area contributed by atoms with Crippen LogP contribution in [0.15, 0.2) is 30.3 Å². The quantitative estimate of drug-likeness (QED) is 0.720. The smallest absolute Gasteiger partial charge is 0.315 e. The summed E-state index contributed by atoms with van der Waals surface area (Å²) in [6.07, 6.45) is 0. The van der Waals surface area contributed by atoms with Gasteiger partial charge in [0.1, 0.15) is 0 Å². The van der Waals surface area contributed by atoms with Crippen LogP contribution in [-0.4, -0.2) is 73.4 Å². The number of hydrogen-bond acceptors (Lipinski definition) is 4. The van der Waals surface area contributed by atoms with Crippen molar-refractivity contribution in [2.75, 3.05) is 46.4 Å². The second-order valence-corrected chi connectivity index (χ2v) is 6.27. The van der Waals surface area contributed by atoms with Crippen LogP contribution in [-0.2, 0) is 0 Å². The first-order valence-corrected chi connectivity index (χ1v) is 8.22. The van der Waals surface area contributed by atoms with E-state index in [0.717, 1.165) is 38.3 Å². The number of nitrogens with zero attached hydrogens (tertiary/aromatic N) is 2. The average molecular weight is 320 g/mol. The fourth-order valence-electron chi connectivity index (χ4n) is 2.68. The molecule has 1 heterocycles. The van der Waals surface area contributed by atoms with Crippen LogP contribution in [0, 0.1) is 0 Å². The zero-order valence-electron chi connectivity index (χ0n) is 14.0. The van der Waals surface area contributed by atoms with Crippen molar-refractivity contribution in [3.8, 4) is 0 Å². The molecular formula is C17H28N4O2. The molecule has 128 valence electrons. The topological polar surface area (TPSA) is 67.8 Å². The fourth-order valence-corrected chi connectivity index (χ4v) is 2.68. The van der Waals surface area contributed by atoms with Crippen molar-refractivity contribution in [2.24, 2.45) is 0 Å². The van der Waals surface area contributed by atoms with Gasteiger partial charge in [0.05, 0.1) is 18.7 Å². The number of nitrogens with one attached hydrogen (secondary N) is 2. The van der Waals surface area contributed by atoms with E-state index in [1.807, 2.05) is 30.3 Å². The van der Waals surface area contributed by atoms with Gasteiger partial charge in [-0.15, -0.1) is 0 Å². The number of benzene rings is 1. The highest BCUT2D eigenvalue weighted by molar-refractivity contribution is 5.74. The molecule has 0 aromatic heterocycles. The summed E-state index contributed by atoms with van der Waals surface area (Å²) in [6.45, 7) is 6.62. The highest BCUT2D eigenvalue weighted by Gasteiger charge is 2.21. The van der Waals surface area contributed by atoms with Gasteiger partial charge in [0.15, 0.2) is 0 Å². The first kappa shape index (κ1) is 17.7. The van der Waals surface area contributed by atoms with Crippen molar-refractivity contribution in [2.45, 2.75) is 19.0 Å². The normalized spacial score (nSPS) is 19.1. The molecule has 0 saturated carbocycles. The number of amides is 2. The van der Waals surface area contributed by atoms with Gasteiger partial charge in [-0.3, -0.25) is 4.90 Å². The third-order valence-corrected chi connectivity index (χ3v) is 4.20. The van der Waals surface area contributed by atoms with Crippen molar-refractivity contribution in [1.82, 2.24) is 20.4 Å². The van der Waals surface area contributed by atoms with Gasteiger partial charge in [-0.1, -0.05) is 30.3 Å². The first-order valence-electron chi connectivity index (χ1n) is 8.22.